The summed E-state index contributed by atoms with van der Waals surface area (Å²) in [6.45, 7) is 3.80. The Morgan fingerprint density at radius 1 is 1.23 bits per heavy atom. The smallest absolute Gasteiger partial charge is 0.168 e. The van der Waals surface area contributed by atoms with Gasteiger partial charge in [0, 0.05) is 42.2 Å². The summed E-state index contributed by atoms with van der Waals surface area (Å²) in [5.41, 5.74) is 0.911. The first-order valence-corrected chi connectivity index (χ1v) is 9.51. The lowest BCUT2D eigenvalue weighted by Gasteiger charge is -2.39. The van der Waals surface area contributed by atoms with Crippen molar-refractivity contribution in [3.05, 3.63) is 29.8 Å². The second kappa shape index (κ2) is 7.62. The Morgan fingerprint density at radius 3 is 2.77 bits per heavy atom. The Balaban J connectivity index is 1.69. The van der Waals surface area contributed by atoms with Gasteiger partial charge in [-0.25, -0.2) is 0 Å². The quantitative estimate of drug-likeness (QED) is 0.628. The minimum Gasteiger partial charge on any atom is -0.381 e. The van der Waals surface area contributed by atoms with E-state index in [1.165, 1.54) is 0 Å². The van der Waals surface area contributed by atoms with Crippen molar-refractivity contribution >= 4 is 17.5 Å². The van der Waals surface area contributed by atoms with E-state index >= 15 is 0 Å². The zero-order chi connectivity index (χ0) is 15.4. The second-order valence-corrected chi connectivity index (χ2v) is 7.09. The predicted molar refractivity (Wildman–Crippen MR) is 90.7 cm³/mol. The molecule has 3 nitrogen and oxygen atoms in total. The van der Waals surface area contributed by atoms with Crippen molar-refractivity contribution in [2.45, 2.75) is 36.6 Å². The summed E-state index contributed by atoms with van der Waals surface area (Å²) in [4.78, 5) is 16.6. The third kappa shape index (κ3) is 3.55. The zero-order valence-electron chi connectivity index (χ0n) is 13.3. The first kappa shape index (κ1) is 16.0. The van der Waals surface area contributed by atoms with E-state index in [-0.39, 0.29) is 5.92 Å². The molecule has 2 aliphatic rings. The Hall–Kier alpha value is -0.840. The molecule has 0 aromatic heterocycles. The number of thioether (sulfide) groups is 1. The van der Waals surface area contributed by atoms with Gasteiger partial charge in [-0.2, -0.15) is 0 Å². The highest BCUT2D eigenvalue weighted by molar-refractivity contribution is 7.98. The lowest BCUT2D eigenvalue weighted by atomic mass is 9.88. The third-order valence-electron chi connectivity index (χ3n) is 4.90. The van der Waals surface area contributed by atoms with Crippen LogP contribution in [0.2, 0.25) is 0 Å². The number of nitrogens with zero attached hydrogens (tertiary/aromatic N) is 1. The SMILES string of the molecule is CSc1ccccc1C(=O)C1CCCN(C2CCOCC2)C1. The lowest BCUT2D eigenvalue weighted by Crippen LogP contribution is -2.46. The molecule has 0 bridgehead atoms. The van der Waals surface area contributed by atoms with Gasteiger partial charge in [-0.1, -0.05) is 18.2 Å². The first-order valence-electron chi connectivity index (χ1n) is 8.28. The number of ether oxygens (including phenoxy) is 1. The predicted octanol–water partition coefficient (Wildman–Crippen LogP) is 3.48. The molecule has 1 unspecified atom stereocenters. The van der Waals surface area contributed by atoms with Gasteiger partial charge in [0.05, 0.1) is 0 Å². The number of carbonyl (C=O) groups excluding carboxylic acids is 1. The largest absolute Gasteiger partial charge is 0.381 e. The van der Waals surface area contributed by atoms with Crippen LogP contribution in [0.25, 0.3) is 0 Å². The Morgan fingerprint density at radius 2 is 2.00 bits per heavy atom. The van der Waals surface area contributed by atoms with E-state index in [1.807, 2.05) is 24.5 Å². The minimum absolute atomic E-state index is 0.157. The normalized spacial score (nSPS) is 24.3. The van der Waals surface area contributed by atoms with Gasteiger partial charge in [0.25, 0.3) is 0 Å². The number of benzene rings is 1. The number of piperidine rings is 1. The van der Waals surface area contributed by atoms with Crippen LogP contribution < -0.4 is 0 Å². The van der Waals surface area contributed by atoms with Crippen molar-refractivity contribution in [2.24, 2.45) is 5.92 Å². The summed E-state index contributed by atoms with van der Waals surface area (Å²) in [6, 6.07) is 8.64. The van der Waals surface area contributed by atoms with Crippen molar-refractivity contribution in [3.8, 4) is 0 Å². The van der Waals surface area contributed by atoms with E-state index in [9.17, 15) is 4.79 Å². The molecule has 0 spiro atoms. The van der Waals surface area contributed by atoms with Crippen LogP contribution in [0.1, 0.15) is 36.0 Å². The summed E-state index contributed by atoms with van der Waals surface area (Å²) < 4.78 is 5.47. The molecule has 1 atom stereocenters. The van der Waals surface area contributed by atoms with E-state index in [1.54, 1.807) is 11.8 Å². The van der Waals surface area contributed by atoms with Crippen LogP contribution in [0.15, 0.2) is 29.2 Å². The van der Waals surface area contributed by atoms with Crippen LogP contribution in [0.3, 0.4) is 0 Å². The average Bonchev–Trinajstić information content (AvgIpc) is 2.62. The van der Waals surface area contributed by atoms with Gasteiger partial charge in [-0.3, -0.25) is 9.69 Å². The fraction of sp³-hybridized carbons (Fsp3) is 0.611. The molecule has 0 amide bonds. The standard InChI is InChI=1S/C18H25NO2S/c1-22-17-7-3-2-6-16(17)18(20)14-5-4-10-19(13-14)15-8-11-21-12-9-15/h2-3,6-7,14-15H,4-5,8-13H2,1H3. The van der Waals surface area contributed by atoms with Gasteiger partial charge in [-0.05, 0) is 44.6 Å². The molecule has 2 aliphatic heterocycles. The van der Waals surface area contributed by atoms with Crippen LogP contribution >= 0.6 is 11.8 Å². The molecule has 1 aromatic rings. The van der Waals surface area contributed by atoms with Gasteiger partial charge in [0.2, 0.25) is 0 Å². The molecule has 4 heteroatoms. The number of Topliss-reactive ketones (excluding diaryl/α,β-unsaturated/α-hetero) is 1. The van der Waals surface area contributed by atoms with Crippen LogP contribution in [0, 0.1) is 5.92 Å². The topological polar surface area (TPSA) is 29.5 Å². The van der Waals surface area contributed by atoms with Crippen molar-refractivity contribution in [2.75, 3.05) is 32.6 Å². The third-order valence-corrected chi connectivity index (χ3v) is 5.70. The van der Waals surface area contributed by atoms with Crippen LogP contribution in [-0.2, 0) is 4.74 Å². The number of hydrogen-bond acceptors (Lipinski definition) is 4. The molecule has 0 saturated carbocycles. The Labute approximate surface area is 137 Å². The highest BCUT2D eigenvalue weighted by Crippen LogP contribution is 2.28. The highest BCUT2D eigenvalue weighted by Gasteiger charge is 2.31. The molecule has 3 rings (SSSR count). The molecule has 2 saturated heterocycles. The molecule has 22 heavy (non-hydrogen) atoms. The Kier molecular flexibility index (Phi) is 5.55. The summed E-state index contributed by atoms with van der Waals surface area (Å²) in [6.07, 6.45) is 6.43. The van der Waals surface area contributed by atoms with E-state index < -0.39 is 0 Å². The molecule has 0 N–H and O–H groups in total. The molecule has 1 aromatic carbocycles. The summed E-state index contributed by atoms with van der Waals surface area (Å²) in [7, 11) is 0. The van der Waals surface area contributed by atoms with Gasteiger partial charge in [0.15, 0.2) is 5.78 Å². The summed E-state index contributed by atoms with van der Waals surface area (Å²) in [5, 5.41) is 0. The van der Waals surface area contributed by atoms with Gasteiger partial charge >= 0.3 is 0 Å². The maximum Gasteiger partial charge on any atom is 0.168 e. The fourth-order valence-electron chi connectivity index (χ4n) is 3.67. The number of likely N-dealkylation sites (tertiary alicyclic amines) is 1. The molecular weight excluding hydrogens is 294 g/mol. The minimum atomic E-state index is 0.157. The van der Waals surface area contributed by atoms with E-state index in [2.05, 4.69) is 11.0 Å². The lowest BCUT2D eigenvalue weighted by molar-refractivity contribution is 0.0183. The molecular formula is C18H25NO2S. The maximum atomic E-state index is 12.9. The van der Waals surface area contributed by atoms with Gasteiger partial charge < -0.3 is 4.74 Å². The number of rotatable bonds is 4. The molecule has 2 heterocycles. The molecule has 120 valence electrons. The maximum absolute atomic E-state index is 12.9. The highest BCUT2D eigenvalue weighted by atomic mass is 32.2. The van der Waals surface area contributed by atoms with Gasteiger partial charge in [-0.15, -0.1) is 11.8 Å². The fourth-order valence-corrected chi connectivity index (χ4v) is 4.27. The number of hydrogen-bond donors (Lipinski definition) is 0. The van der Waals surface area contributed by atoms with Gasteiger partial charge in [0.1, 0.15) is 0 Å². The molecule has 0 radical (unpaired) electrons. The van der Waals surface area contributed by atoms with Crippen LogP contribution in [0.5, 0.6) is 0 Å². The van der Waals surface area contributed by atoms with E-state index in [0.717, 1.165) is 62.4 Å². The monoisotopic (exact) mass is 319 g/mol. The Bertz CT molecular complexity index is 514. The van der Waals surface area contributed by atoms with Crippen molar-refractivity contribution in [3.63, 3.8) is 0 Å². The number of ketones is 1. The van der Waals surface area contributed by atoms with E-state index in [4.69, 9.17) is 4.74 Å². The van der Waals surface area contributed by atoms with E-state index in [0.29, 0.717) is 11.8 Å². The second-order valence-electron chi connectivity index (χ2n) is 6.24. The zero-order valence-corrected chi connectivity index (χ0v) is 14.1. The van der Waals surface area contributed by atoms with Crippen molar-refractivity contribution < 1.29 is 9.53 Å². The van der Waals surface area contributed by atoms with Crippen molar-refractivity contribution in [1.82, 2.24) is 4.90 Å². The summed E-state index contributed by atoms with van der Waals surface area (Å²) >= 11 is 1.67. The van der Waals surface area contributed by atoms with Crippen LogP contribution in [0.4, 0.5) is 0 Å². The average molecular weight is 319 g/mol. The first-order chi connectivity index (χ1) is 10.8. The van der Waals surface area contributed by atoms with Crippen molar-refractivity contribution in [1.29, 1.82) is 0 Å². The number of carbonyl (C=O) groups is 1. The summed E-state index contributed by atoms with van der Waals surface area (Å²) in [5.74, 6) is 0.492. The molecule has 2 fully saturated rings. The van der Waals surface area contributed by atoms with Crippen LogP contribution in [-0.4, -0.2) is 49.3 Å². The molecule has 0 aliphatic carbocycles.